The van der Waals surface area contributed by atoms with Gasteiger partial charge in [-0.3, -0.25) is 0 Å². The van der Waals surface area contributed by atoms with E-state index in [2.05, 4.69) is 4.99 Å². The predicted molar refractivity (Wildman–Crippen MR) is 54.2 cm³/mol. The molecule has 4 heteroatoms. The number of hydrogen-bond acceptors (Lipinski definition) is 3. The normalized spacial score (nSPS) is 21.1. The zero-order chi connectivity index (χ0) is 9.26. The molecule has 1 heterocycles. The minimum Gasteiger partial charge on any atom is -0.376 e. The summed E-state index contributed by atoms with van der Waals surface area (Å²) in [7, 11) is -1.23. The lowest BCUT2D eigenvalue weighted by Gasteiger charge is -1.95. The maximum Gasteiger partial charge on any atom is 0.194 e. The van der Waals surface area contributed by atoms with Crippen molar-refractivity contribution < 1.29 is 4.21 Å². The molecule has 1 aliphatic rings. The molecule has 2 rings (SSSR count). The zero-order valence-corrected chi connectivity index (χ0v) is 7.62. The van der Waals surface area contributed by atoms with Gasteiger partial charge < -0.3 is 5.73 Å². The van der Waals surface area contributed by atoms with Gasteiger partial charge in [-0.05, 0) is 0 Å². The van der Waals surface area contributed by atoms with E-state index in [1.54, 1.807) is 5.41 Å². The van der Waals surface area contributed by atoms with Gasteiger partial charge in [0.05, 0.1) is 5.70 Å². The smallest absolute Gasteiger partial charge is 0.194 e. The molecule has 1 aromatic carbocycles. The summed E-state index contributed by atoms with van der Waals surface area (Å²) in [6.45, 7) is 0. The molecule has 0 saturated carbocycles. The molecule has 0 amide bonds. The van der Waals surface area contributed by atoms with Crippen LogP contribution in [-0.2, 0) is 10.8 Å². The van der Waals surface area contributed by atoms with E-state index in [1.165, 1.54) is 0 Å². The van der Waals surface area contributed by atoms with Gasteiger partial charge in [0.2, 0.25) is 0 Å². The topological polar surface area (TPSA) is 55.4 Å². The Morgan fingerprint density at radius 1 is 1.23 bits per heavy atom. The summed E-state index contributed by atoms with van der Waals surface area (Å²) >= 11 is 0. The van der Waals surface area contributed by atoms with Crippen LogP contribution in [0.2, 0.25) is 0 Å². The Bertz CT molecular complexity index is 409. The molecule has 1 aliphatic heterocycles. The Kier molecular flexibility index (Phi) is 1.98. The molecule has 0 aromatic heterocycles. The molecule has 0 bridgehead atoms. The lowest BCUT2D eigenvalue weighted by molar-refractivity contribution is 0.694. The van der Waals surface area contributed by atoms with E-state index in [-0.39, 0.29) is 5.17 Å². The maximum absolute atomic E-state index is 11.1. The molecule has 13 heavy (non-hydrogen) atoms. The van der Waals surface area contributed by atoms with Gasteiger partial charge in [-0.2, -0.15) is 0 Å². The molecule has 2 N–H and O–H groups in total. The summed E-state index contributed by atoms with van der Waals surface area (Å²) < 4.78 is 11.1. The van der Waals surface area contributed by atoms with Gasteiger partial charge >= 0.3 is 0 Å². The number of amidine groups is 1. The van der Waals surface area contributed by atoms with Crippen LogP contribution in [0.15, 0.2) is 40.7 Å². The van der Waals surface area contributed by atoms with Crippen LogP contribution >= 0.6 is 0 Å². The van der Waals surface area contributed by atoms with E-state index in [9.17, 15) is 4.21 Å². The van der Waals surface area contributed by atoms with Crippen molar-refractivity contribution >= 4 is 21.7 Å². The van der Waals surface area contributed by atoms with Gasteiger partial charge in [-0.25, -0.2) is 9.20 Å². The number of nitrogens with two attached hydrogens (primary N) is 1. The molecular weight excluding hydrogens is 184 g/mol. The molecule has 1 aromatic rings. The van der Waals surface area contributed by atoms with Crippen molar-refractivity contribution in [2.75, 3.05) is 0 Å². The first-order chi connectivity index (χ1) is 6.27. The number of benzene rings is 1. The number of nitrogens with zero attached hydrogens (tertiary/aromatic N) is 1. The second-order valence-corrected chi connectivity index (χ2v) is 3.87. The van der Waals surface area contributed by atoms with E-state index in [4.69, 9.17) is 5.73 Å². The third kappa shape index (κ3) is 1.53. The molecule has 1 atom stereocenters. The fourth-order valence-corrected chi connectivity index (χ4v) is 1.79. The van der Waals surface area contributed by atoms with Crippen LogP contribution in [0.4, 0.5) is 0 Å². The van der Waals surface area contributed by atoms with E-state index in [0.29, 0.717) is 5.70 Å². The minimum atomic E-state index is -1.23. The van der Waals surface area contributed by atoms with Gasteiger partial charge in [-0.15, -0.1) is 0 Å². The van der Waals surface area contributed by atoms with Crippen LogP contribution in [0.3, 0.4) is 0 Å². The standard InChI is InChI=1S/C9H8N2OS/c10-9-11-8(6-13(9)12)7-4-2-1-3-5-7/h1-6H,(H2,10,11). The van der Waals surface area contributed by atoms with Gasteiger partial charge in [0.1, 0.15) is 10.8 Å². The van der Waals surface area contributed by atoms with Crippen molar-refractivity contribution in [2.45, 2.75) is 0 Å². The average molecular weight is 192 g/mol. The first-order valence-corrected chi connectivity index (χ1v) is 5.00. The van der Waals surface area contributed by atoms with Crippen LogP contribution in [0.1, 0.15) is 5.56 Å². The Balaban J connectivity index is 2.41. The summed E-state index contributed by atoms with van der Waals surface area (Å²) in [6.07, 6.45) is 0. The Morgan fingerprint density at radius 3 is 2.46 bits per heavy atom. The first kappa shape index (κ1) is 8.19. The Morgan fingerprint density at radius 2 is 1.92 bits per heavy atom. The lowest BCUT2D eigenvalue weighted by Crippen LogP contribution is -2.12. The highest BCUT2D eigenvalue weighted by molar-refractivity contribution is 8.03. The number of hydrogen-bond donors (Lipinski definition) is 1. The molecule has 0 aliphatic carbocycles. The van der Waals surface area contributed by atoms with E-state index in [0.717, 1.165) is 5.56 Å². The fraction of sp³-hybridized carbons (Fsp3) is 0. The second-order valence-electron chi connectivity index (χ2n) is 2.62. The van der Waals surface area contributed by atoms with Crippen molar-refractivity contribution in [1.29, 1.82) is 0 Å². The summed E-state index contributed by atoms with van der Waals surface area (Å²) in [5.41, 5.74) is 7.04. The second kappa shape index (κ2) is 3.14. The SMILES string of the molecule is NC1=NC(c2ccccc2)=CS1=O. The average Bonchev–Trinajstić information content (AvgIpc) is 2.49. The molecule has 1 unspecified atom stereocenters. The van der Waals surface area contributed by atoms with Crippen LogP contribution < -0.4 is 5.73 Å². The largest absolute Gasteiger partial charge is 0.376 e. The van der Waals surface area contributed by atoms with Crippen molar-refractivity contribution in [3.8, 4) is 0 Å². The lowest BCUT2D eigenvalue weighted by atomic mass is 10.2. The van der Waals surface area contributed by atoms with E-state index in [1.807, 2.05) is 30.3 Å². The maximum atomic E-state index is 11.1. The van der Waals surface area contributed by atoms with Crippen molar-refractivity contribution in [1.82, 2.24) is 0 Å². The summed E-state index contributed by atoms with van der Waals surface area (Å²) in [4.78, 5) is 4.00. The van der Waals surface area contributed by atoms with Crippen molar-refractivity contribution in [2.24, 2.45) is 10.7 Å². The number of aliphatic imine (C=N–C) groups is 1. The molecule has 0 saturated heterocycles. The molecule has 0 spiro atoms. The molecule has 66 valence electrons. The Hall–Kier alpha value is -1.42. The van der Waals surface area contributed by atoms with Gasteiger partial charge in [0, 0.05) is 11.0 Å². The van der Waals surface area contributed by atoms with E-state index >= 15 is 0 Å². The fourth-order valence-electron chi connectivity index (χ4n) is 1.09. The van der Waals surface area contributed by atoms with Crippen LogP contribution in [-0.4, -0.2) is 9.38 Å². The van der Waals surface area contributed by atoms with Gasteiger partial charge in [0.25, 0.3) is 0 Å². The zero-order valence-electron chi connectivity index (χ0n) is 6.81. The molecule has 0 fully saturated rings. The van der Waals surface area contributed by atoms with Crippen molar-refractivity contribution in [3.63, 3.8) is 0 Å². The monoisotopic (exact) mass is 192 g/mol. The predicted octanol–water partition coefficient (Wildman–Crippen LogP) is 1.06. The summed E-state index contributed by atoms with van der Waals surface area (Å²) in [5, 5.41) is 1.74. The highest BCUT2D eigenvalue weighted by atomic mass is 32.2. The van der Waals surface area contributed by atoms with Crippen LogP contribution in [0.5, 0.6) is 0 Å². The quantitative estimate of drug-likeness (QED) is 0.723. The third-order valence-electron chi connectivity index (χ3n) is 1.72. The minimum absolute atomic E-state index is 0.179. The summed E-state index contributed by atoms with van der Waals surface area (Å²) in [6, 6.07) is 9.55. The summed E-state index contributed by atoms with van der Waals surface area (Å²) in [5.74, 6) is 0. The molecule has 0 radical (unpaired) electrons. The third-order valence-corrected chi connectivity index (χ3v) is 2.67. The number of rotatable bonds is 1. The van der Waals surface area contributed by atoms with Crippen molar-refractivity contribution in [3.05, 3.63) is 41.3 Å². The first-order valence-electron chi connectivity index (χ1n) is 3.79. The molecule has 3 nitrogen and oxygen atoms in total. The van der Waals surface area contributed by atoms with Gasteiger partial charge in [0.15, 0.2) is 5.17 Å². The van der Waals surface area contributed by atoms with Crippen LogP contribution in [0.25, 0.3) is 5.70 Å². The highest BCUT2D eigenvalue weighted by Crippen LogP contribution is 2.20. The van der Waals surface area contributed by atoms with E-state index < -0.39 is 10.8 Å². The van der Waals surface area contributed by atoms with Crippen LogP contribution in [0, 0.1) is 0 Å². The highest BCUT2D eigenvalue weighted by Gasteiger charge is 2.13. The molecular formula is C9H8N2OS. The Labute approximate surface area is 78.4 Å². The van der Waals surface area contributed by atoms with Gasteiger partial charge in [-0.1, -0.05) is 30.3 Å².